The van der Waals surface area contributed by atoms with Gasteiger partial charge in [-0.15, -0.1) is 0 Å². The third-order valence-corrected chi connectivity index (χ3v) is 3.72. The molecular weight excluding hydrogens is 352 g/mol. The zero-order valence-corrected chi connectivity index (χ0v) is 13.5. The predicted molar refractivity (Wildman–Crippen MR) is 85.2 cm³/mol. The van der Waals surface area contributed by atoms with E-state index in [1.807, 2.05) is 12.1 Å². The van der Waals surface area contributed by atoms with Crippen LogP contribution in [0.4, 0.5) is 5.69 Å². The Hall–Kier alpha value is -2.22. The number of hydrazone groups is 1. The van der Waals surface area contributed by atoms with E-state index in [1.165, 1.54) is 11.9 Å². The highest BCUT2D eigenvalue weighted by Gasteiger charge is 2.22. The number of amides is 3. The number of carbonyl (C=O) groups excluding carboxylic acids is 3. The van der Waals surface area contributed by atoms with Crippen LogP contribution in [-0.2, 0) is 14.4 Å². The monoisotopic (exact) mass is 366 g/mol. The molecule has 1 heterocycles. The van der Waals surface area contributed by atoms with Crippen LogP contribution in [0.2, 0.25) is 0 Å². The van der Waals surface area contributed by atoms with Crippen molar-refractivity contribution >= 4 is 45.1 Å². The van der Waals surface area contributed by atoms with Crippen molar-refractivity contribution in [3.8, 4) is 0 Å². The maximum absolute atomic E-state index is 12.1. The molecule has 0 spiro atoms. The zero-order chi connectivity index (χ0) is 16.1. The van der Waals surface area contributed by atoms with Crippen LogP contribution < -0.4 is 10.7 Å². The van der Waals surface area contributed by atoms with Gasteiger partial charge in [0.05, 0.1) is 12.2 Å². The molecule has 7 nitrogen and oxygen atoms in total. The summed E-state index contributed by atoms with van der Waals surface area (Å²) in [6.07, 6.45) is 0.502. The molecule has 116 valence electrons. The molecule has 0 fully saturated rings. The lowest BCUT2D eigenvalue weighted by Gasteiger charge is -2.19. The lowest BCUT2D eigenvalue weighted by molar-refractivity contribution is -0.128. The third-order valence-electron chi connectivity index (χ3n) is 3.03. The number of benzene rings is 1. The van der Waals surface area contributed by atoms with Crippen molar-refractivity contribution in [2.45, 2.75) is 12.8 Å². The lowest BCUT2D eigenvalue weighted by atomic mass is 10.1. The van der Waals surface area contributed by atoms with E-state index in [9.17, 15) is 14.4 Å². The van der Waals surface area contributed by atoms with Gasteiger partial charge in [0.1, 0.15) is 5.71 Å². The fourth-order valence-corrected chi connectivity index (χ4v) is 2.27. The van der Waals surface area contributed by atoms with Crippen molar-refractivity contribution in [3.05, 3.63) is 28.7 Å². The summed E-state index contributed by atoms with van der Waals surface area (Å²) in [6, 6.07) is 7.20. The van der Waals surface area contributed by atoms with Gasteiger partial charge >= 0.3 is 0 Å². The Labute approximate surface area is 135 Å². The zero-order valence-electron chi connectivity index (χ0n) is 11.9. The fraction of sp³-hybridized carbons (Fsp3) is 0.286. The topological polar surface area (TPSA) is 90.9 Å². The molecule has 1 aromatic carbocycles. The van der Waals surface area contributed by atoms with Gasteiger partial charge in [-0.3, -0.25) is 14.4 Å². The van der Waals surface area contributed by atoms with Gasteiger partial charge in [0.25, 0.3) is 5.91 Å². The first-order valence-electron chi connectivity index (χ1n) is 6.62. The quantitative estimate of drug-likeness (QED) is 0.835. The highest BCUT2D eigenvalue weighted by atomic mass is 79.9. The number of anilines is 1. The Balaban J connectivity index is 1.92. The van der Waals surface area contributed by atoms with E-state index in [1.54, 1.807) is 12.1 Å². The number of hydrogen-bond acceptors (Lipinski definition) is 4. The Morgan fingerprint density at radius 1 is 1.36 bits per heavy atom. The molecule has 2 rings (SSSR count). The highest BCUT2D eigenvalue weighted by Crippen LogP contribution is 2.20. The second-order valence-electron chi connectivity index (χ2n) is 4.78. The highest BCUT2D eigenvalue weighted by molar-refractivity contribution is 9.10. The van der Waals surface area contributed by atoms with E-state index >= 15 is 0 Å². The van der Waals surface area contributed by atoms with Gasteiger partial charge < -0.3 is 10.2 Å². The van der Waals surface area contributed by atoms with Crippen LogP contribution in [0.5, 0.6) is 0 Å². The van der Waals surface area contributed by atoms with Gasteiger partial charge in [-0.25, -0.2) is 5.43 Å². The van der Waals surface area contributed by atoms with Crippen molar-refractivity contribution in [2.24, 2.45) is 5.10 Å². The van der Waals surface area contributed by atoms with Gasteiger partial charge in [0, 0.05) is 24.4 Å². The second-order valence-corrected chi connectivity index (χ2v) is 5.64. The van der Waals surface area contributed by atoms with Crippen LogP contribution in [0.3, 0.4) is 0 Å². The summed E-state index contributed by atoms with van der Waals surface area (Å²) >= 11 is 3.33. The summed E-state index contributed by atoms with van der Waals surface area (Å²) in [5.74, 6) is -0.906. The predicted octanol–water partition coefficient (Wildman–Crippen LogP) is 1.11. The molecule has 3 amide bonds. The third kappa shape index (κ3) is 4.14. The first kappa shape index (κ1) is 16.2. The van der Waals surface area contributed by atoms with Crippen LogP contribution in [0, 0.1) is 0 Å². The normalized spacial score (nSPS) is 13.9. The van der Waals surface area contributed by atoms with Gasteiger partial charge in [0.2, 0.25) is 11.8 Å². The number of nitrogens with one attached hydrogen (secondary N) is 2. The molecule has 22 heavy (non-hydrogen) atoms. The van der Waals surface area contributed by atoms with Crippen molar-refractivity contribution in [1.29, 1.82) is 0 Å². The number of rotatable bonds is 4. The van der Waals surface area contributed by atoms with Gasteiger partial charge in [-0.2, -0.15) is 5.10 Å². The smallest absolute Gasteiger partial charge is 0.270 e. The molecule has 0 aromatic heterocycles. The summed E-state index contributed by atoms with van der Waals surface area (Å²) in [5.41, 5.74) is 3.14. The van der Waals surface area contributed by atoms with Crippen LogP contribution in [0.15, 0.2) is 33.8 Å². The molecule has 0 saturated heterocycles. The van der Waals surface area contributed by atoms with E-state index in [4.69, 9.17) is 0 Å². The minimum atomic E-state index is -0.373. The largest absolute Gasteiger partial charge is 0.331 e. The summed E-state index contributed by atoms with van der Waals surface area (Å²) < 4.78 is 0.761. The van der Waals surface area contributed by atoms with E-state index < -0.39 is 0 Å². The summed E-state index contributed by atoms with van der Waals surface area (Å²) in [7, 11) is 1.51. The number of hydrogen-bond donors (Lipinski definition) is 2. The average molecular weight is 367 g/mol. The lowest BCUT2D eigenvalue weighted by Crippen LogP contribution is -2.41. The van der Waals surface area contributed by atoms with Gasteiger partial charge in [0.15, 0.2) is 0 Å². The van der Waals surface area contributed by atoms with Crippen molar-refractivity contribution < 1.29 is 14.4 Å². The van der Waals surface area contributed by atoms with Crippen molar-refractivity contribution in [1.82, 2.24) is 10.3 Å². The number of likely N-dealkylation sites (N-methyl/N-ethyl adjacent to an activating group) is 1. The number of para-hydroxylation sites is 1. The van der Waals surface area contributed by atoms with Crippen molar-refractivity contribution in [2.75, 3.05) is 18.9 Å². The Morgan fingerprint density at radius 2 is 2.09 bits per heavy atom. The minimum absolute atomic E-state index is 0.104. The Morgan fingerprint density at radius 3 is 2.73 bits per heavy atom. The molecule has 0 aliphatic carbocycles. The van der Waals surface area contributed by atoms with E-state index in [0.29, 0.717) is 5.69 Å². The fourth-order valence-electron chi connectivity index (χ4n) is 1.89. The molecule has 1 aliphatic rings. The maximum Gasteiger partial charge on any atom is 0.270 e. The molecule has 1 aromatic rings. The first-order chi connectivity index (χ1) is 10.5. The molecule has 0 radical (unpaired) electrons. The van der Waals surface area contributed by atoms with Crippen LogP contribution >= 0.6 is 15.9 Å². The van der Waals surface area contributed by atoms with Gasteiger partial charge in [-0.05, 0) is 28.1 Å². The summed E-state index contributed by atoms with van der Waals surface area (Å²) in [4.78, 5) is 36.4. The maximum atomic E-state index is 12.1. The molecule has 0 unspecified atom stereocenters. The Bertz CT molecular complexity index is 645. The summed E-state index contributed by atoms with van der Waals surface area (Å²) in [6.45, 7) is -0.104. The molecular formula is C14H15BrN4O3. The molecule has 0 bridgehead atoms. The average Bonchev–Trinajstić information content (AvgIpc) is 2.49. The molecule has 1 aliphatic heterocycles. The van der Waals surface area contributed by atoms with Crippen LogP contribution in [0.25, 0.3) is 0 Å². The standard InChI is InChI=1S/C14H15BrN4O3/c1-19(14(22)11-6-7-12(20)18-17-11)8-13(21)16-10-5-3-2-4-9(10)15/h2-5H,6-8H2,1H3,(H,16,21)(H,18,20). The van der Waals surface area contributed by atoms with Crippen molar-refractivity contribution in [3.63, 3.8) is 0 Å². The van der Waals surface area contributed by atoms with Gasteiger partial charge in [-0.1, -0.05) is 12.1 Å². The Kier molecular flexibility index (Phi) is 5.26. The molecule has 8 heteroatoms. The summed E-state index contributed by atoms with van der Waals surface area (Å²) in [5, 5.41) is 6.44. The second kappa shape index (κ2) is 7.17. The number of halogens is 1. The van der Waals surface area contributed by atoms with E-state index in [2.05, 4.69) is 31.8 Å². The molecule has 0 atom stereocenters. The van der Waals surface area contributed by atoms with E-state index in [0.717, 1.165) is 4.47 Å². The van der Waals surface area contributed by atoms with Crippen LogP contribution in [0.1, 0.15) is 12.8 Å². The molecule has 0 saturated carbocycles. The SMILES string of the molecule is CN(CC(=O)Nc1ccccc1Br)C(=O)C1=NNC(=O)CC1. The van der Waals surface area contributed by atoms with E-state index in [-0.39, 0.29) is 42.8 Å². The number of carbonyl (C=O) groups is 3. The minimum Gasteiger partial charge on any atom is -0.331 e. The number of nitrogens with zero attached hydrogens (tertiary/aromatic N) is 2. The molecule has 2 N–H and O–H groups in total. The first-order valence-corrected chi connectivity index (χ1v) is 7.42. The van der Waals surface area contributed by atoms with Crippen LogP contribution in [-0.4, -0.2) is 41.9 Å².